The summed E-state index contributed by atoms with van der Waals surface area (Å²) in [5.41, 5.74) is 1.63. The number of nitrogens with zero attached hydrogens (tertiary/aromatic N) is 2. The second kappa shape index (κ2) is 9.83. The average Bonchev–Trinajstić information content (AvgIpc) is 3.34. The number of urea groups is 1. The lowest BCUT2D eigenvalue weighted by molar-refractivity contribution is -0.130. The van der Waals surface area contributed by atoms with E-state index in [0.717, 1.165) is 15.3 Å². The van der Waals surface area contributed by atoms with Crippen molar-refractivity contribution in [3.05, 3.63) is 70.0 Å². The van der Waals surface area contributed by atoms with Gasteiger partial charge in [-0.25, -0.2) is 4.79 Å². The van der Waals surface area contributed by atoms with Crippen LogP contribution in [0.5, 0.6) is 11.5 Å². The Morgan fingerprint density at radius 3 is 2.73 bits per heavy atom. The zero-order valence-corrected chi connectivity index (χ0v) is 19.1. The molecule has 4 amide bonds. The summed E-state index contributed by atoms with van der Waals surface area (Å²) in [4.78, 5) is 44.0. The lowest BCUT2D eigenvalue weighted by atomic mass is 9.91. The highest BCUT2D eigenvalue weighted by Gasteiger charge is 2.37. The van der Waals surface area contributed by atoms with Crippen LogP contribution in [-0.4, -0.2) is 49.2 Å². The molecule has 2 heterocycles. The maximum absolute atomic E-state index is 12.8. The minimum absolute atomic E-state index is 0.198. The molecule has 1 aromatic heterocycles. The first-order chi connectivity index (χ1) is 16.0. The van der Waals surface area contributed by atoms with Gasteiger partial charge in [-0.2, -0.15) is 4.99 Å². The third-order valence-electron chi connectivity index (χ3n) is 5.38. The van der Waals surface area contributed by atoms with Crippen molar-refractivity contribution in [3.63, 3.8) is 0 Å². The minimum atomic E-state index is -0.661. The minimum Gasteiger partial charge on any atom is -0.493 e. The average molecular weight is 466 g/mol. The first kappa shape index (κ1) is 22.5. The Bertz CT molecular complexity index is 1170. The number of aliphatic imine (C=N–C) groups is 1. The molecule has 0 saturated carbocycles. The number of rotatable bonds is 8. The molecule has 4 rings (SSSR count). The van der Waals surface area contributed by atoms with Gasteiger partial charge in [0.05, 0.1) is 32.4 Å². The molecular weight excluding hydrogens is 442 g/mol. The Balaban J connectivity index is 1.38. The number of allylic oxidation sites excluding steroid dienone is 1. The number of hydrogen-bond acceptors (Lipinski definition) is 6. The largest absolute Gasteiger partial charge is 0.493 e. The van der Waals surface area contributed by atoms with Crippen LogP contribution in [-0.2, 0) is 22.6 Å². The number of nitrogens with one attached hydrogen (secondary N) is 1. The highest BCUT2D eigenvalue weighted by atomic mass is 32.1. The molecule has 1 atom stereocenters. The number of amides is 4. The SMILES string of the molecule is COc1ccc(CCNC(=O)C2=CC3=NC(=O)N(Cc4cccs4)C(=O)C3C=C2)cc1OC. The van der Waals surface area contributed by atoms with E-state index in [9.17, 15) is 14.4 Å². The van der Waals surface area contributed by atoms with Gasteiger partial charge >= 0.3 is 6.03 Å². The molecule has 1 aliphatic carbocycles. The molecule has 8 nitrogen and oxygen atoms in total. The Labute approximate surface area is 195 Å². The maximum atomic E-state index is 12.8. The van der Waals surface area contributed by atoms with Crippen molar-refractivity contribution in [1.82, 2.24) is 10.2 Å². The van der Waals surface area contributed by atoms with Gasteiger partial charge in [0.2, 0.25) is 5.91 Å². The second-order valence-electron chi connectivity index (χ2n) is 7.45. The quantitative estimate of drug-likeness (QED) is 0.646. The number of imide groups is 1. The van der Waals surface area contributed by atoms with Crippen molar-refractivity contribution in [2.45, 2.75) is 13.0 Å². The third-order valence-corrected chi connectivity index (χ3v) is 6.24. The van der Waals surface area contributed by atoms with E-state index < -0.39 is 11.9 Å². The van der Waals surface area contributed by atoms with E-state index in [1.807, 2.05) is 35.7 Å². The molecule has 0 fully saturated rings. The number of carbonyl (C=O) groups excluding carboxylic acids is 3. The third kappa shape index (κ3) is 4.88. The normalized spacial score (nSPS) is 17.3. The lowest BCUT2D eigenvalue weighted by Crippen LogP contribution is -2.45. The van der Waals surface area contributed by atoms with Crippen LogP contribution >= 0.6 is 11.3 Å². The van der Waals surface area contributed by atoms with Crippen LogP contribution in [0.1, 0.15) is 10.4 Å². The summed E-state index contributed by atoms with van der Waals surface area (Å²) in [6.07, 6.45) is 5.33. The summed E-state index contributed by atoms with van der Waals surface area (Å²) in [5.74, 6) is -0.0229. The van der Waals surface area contributed by atoms with Crippen molar-refractivity contribution in [2.75, 3.05) is 20.8 Å². The van der Waals surface area contributed by atoms with Gasteiger partial charge < -0.3 is 14.8 Å². The van der Waals surface area contributed by atoms with Gasteiger partial charge in [0, 0.05) is 17.0 Å². The van der Waals surface area contributed by atoms with Crippen molar-refractivity contribution in [2.24, 2.45) is 10.9 Å². The molecule has 0 radical (unpaired) electrons. The summed E-state index contributed by atoms with van der Waals surface area (Å²) in [7, 11) is 3.15. The highest BCUT2D eigenvalue weighted by molar-refractivity contribution is 7.09. The second-order valence-corrected chi connectivity index (χ2v) is 8.49. The van der Waals surface area contributed by atoms with E-state index in [2.05, 4.69) is 10.3 Å². The van der Waals surface area contributed by atoms with Gasteiger partial charge in [-0.3, -0.25) is 14.5 Å². The standard InChI is InChI=1S/C24H23N3O5S/c1-31-20-8-5-15(12-21(20)32-2)9-10-25-22(28)16-6-7-18-19(13-16)26-24(30)27(23(18)29)14-17-4-3-11-33-17/h3-8,11-13,18H,9-10,14H2,1-2H3,(H,25,28). The fourth-order valence-corrected chi connectivity index (χ4v) is 4.34. The van der Waals surface area contributed by atoms with E-state index in [1.165, 1.54) is 17.4 Å². The molecule has 0 bridgehead atoms. The number of fused-ring (bicyclic) bond motifs is 1. The van der Waals surface area contributed by atoms with Crippen LogP contribution in [0.2, 0.25) is 0 Å². The molecule has 1 unspecified atom stereocenters. The van der Waals surface area contributed by atoms with Crippen molar-refractivity contribution >= 4 is 34.9 Å². The molecule has 2 aliphatic rings. The van der Waals surface area contributed by atoms with Crippen LogP contribution in [0.4, 0.5) is 4.79 Å². The Hall–Kier alpha value is -3.72. The molecular formula is C24H23N3O5S. The van der Waals surface area contributed by atoms with E-state index in [0.29, 0.717) is 35.7 Å². The van der Waals surface area contributed by atoms with Gasteiger partial charge in [-0.05, 0) is 41.6 Å². The molecule has 2 aromatic rings. The van der Waals surface area contributed by atoms with Crippen LogP contribution in [0.25, 0.3) is 0 Å². The predicted molar refractivity (Wildman–Crippen MR) is 125 cm³/mol. The van der Waals surface area contributed by atoms with Crippen molar-refractivity contribution < 1.29 is 23.9 Å². The monoisotopic (exact) mass is 465 g/mol. The molecule has 0 spiro atoms. The van der Waals surface area contributed by atoms with E-state index in [4.69, 9.17) is 9.47 Å². The lowest BCUT2D eigenvalue weighted by Gasteiger charge is -2.28. The Kier molecular flexibility index (Phi) is 6.69. The number of ether oxygens (including phenoxy) is 2. The molecule has 170 valence electrons. The predicted octanol–water partition coefficient (Wildman–Crippen LogP) is 3.14. The number of hydrogen-bond donors (Lipinski definition) is 1. The summed E-state index contributed by atoms with van der Waals surface area (Å²) in [5, 5.41) is 4.75. The number of methoxy groups -OCH3 is 2. The summed E-state index contributed by atoms with van der Waals surface area (Å²) < 4.78 is 10.5. The van der Waals surface area contributed by atoms with Crippen molar-refractivity contribution in [3.8, 4) is 11.5 Å². The number of carbonyl (C=O) groups is 3. The first-order valence-corrected chi connectivity index (χ1v) is 11.2. The molecule has 1 N–H and O–H groups in total. The van der Waals surface area contributed by atoms with Gasteiger partial charge in [0.15, 0.2) is 11.5 Å². The number of benzene rings is 1. The van der Waals surface area contributed by atoms with Crippen molar-refractivity contribution in [1.29, 1.82) is 0 Å². The van der Waals surface area contributed by atoms with Gasteiger partial charge in [-0.15, -0.1) is 11.3 Å². The Morgan fingerprint density at radius 1 is 1.18 bits per heavy atom. The summed E-state index contributed by atoms with van der Waals surface area (Å²) in [6.45, 7) is 0.603. The van der Waals surface area contributed by atoms with Crippen LogP contribution < -0.4 is 14.8 Å². The molecule has 33 heavy (non-hydrogen) atoms. The highest BCUT2D eigenvalue weighted by Crippen LogP contribution is 2.28. The van der Waals surface area contributed by atoms with E-state index in [1.54, 1.807) is 26.4 Å². The van der Waals surface area contributed by atoms with E-state index >= 15 is 0 Å². The first-order valence-electron chi connectivity index (χ1n) is 10.4. The van der Waals surface area contributed by atoms with Crippen LogP contribution in [0.15, 0.2) is 64.5 Å². The maximum Gasteiger partial charge on any atom is 0.350 e. The van der Waals surface area contributed by atoms with Crippen LogP contribution in [0.3, 0.4) is 0 Å². The fourth-order valence-electron chi connectivity index (χ4n) is 3.64. The van der Waals surface area contributed by atoms with Gasteiger partial charge in [-0.1, -0.05) is 24.3 Å². The number of thiophene rings is 1. The smallest absolute Gasteiger partial charge is 0.350 e. The molecule has 1 aromatic carbocycles. The zero-order valence-electron chi connectivity index (χ0n) is 18.2. The summed E-state index contributed by atoms with van der Waals surface area (Å²) >= 11 is 1.47. The fraction of sp³-hybridized carbons (Fsp3) is 0.250. The zero-order chi connectivity index (χ0) is 23.4. The molecule has 0 saturated heterocycles. The van der Waals surface area contributed by atoms with Gasteiger partial charge in [0.25, 0.3) is 5.91 Å². The van der Waals surface area contributed by atoms with Gasteiger partial charge in [0.1, 0.15) is 0 Å². The molecule has 1 aliphatic heterocycles. The molecule has 9 heteroatoms. The topological polar surface area (TPSA) is 97.3 Å². The summed E-state index contributed by atoms with van der Waals surface area (Å²) in [6, 6.07) is 8.72. The van der Waals surface area contributed by atoms with Crippen LogP contribution in [0, 0.1) is 5.92 Å². The Morgan fingerprint density at radius 2 is 2.00 bits per heavy atom. The van der Waals surface area contributed by atoms with E-state index in [-0.39, 0.29) is 18.4 Å².